The van der Waals surface area contributed by atoms with Crippen molar-refractivity contribution in [2.75, 3.05) is 11.9 Å². The molecule has 0 radical (unpaired) electrons. The molecule has 1 N–H and O–H groups in total. The summed E-state index contributed by atoms with van der Waals surface area (Å²) in [7, 11) is 1.94. The predicted molar refractivity (Wildman–Crippen MR) is 83.2 cm³/mol. The molecule has 104 valence electrons. The fourth-order valence-corrected chi connectivity index (χ4v) is 3.19. The second kappa shape index (κ2) is 6.27. The van der Waals surface area contributed by atoms with Gasteiger partial charge in [-0.05, 0) is 31.2 Å². The predicted octanol–water partition coefficient (Wildman–Crippen LogP) is 3.96. The Bertz CT molecular complexity index is 646. The highest BCUT2D eigenvalue weighted by atomic mass is 35.5. The van der Waals surface area contributed by atoms with Gasteiger partial charge in [-0.25, -0.2) is 0 Å². The number of hydrogen-bond donors (Lipinski definition) is 1. The summed E-state index contributed by atoms with van der Waals surface area (Å²) in [5, 5.41) is 18.9. The maximum atomic E-state index is 9.86. The third kappa shape index (κ3) is 3.31. The first-order chi connectivity index (χ1) is 9.51. The molecule has 5 heteroatoms. The average Bonchev–Trinajstić information content (AvgIpc) is 2.83. The van der Waals surface area contributed by atoms with E-state index in [4.69, 9.17) is 16.9 Å². The smallest absolute Gasteiger partial charge is 0.0992 e. The van der Waals surface area contributed by atoms with Gasteiger partial charge in [0, 0.05) is 23.2 Å². The summed E-state index contributed by atoms with van der Waals surface area (Å²) in [6.07, 6.45) is -0.577. The van der Waals surface area contributed by atoms with E-state index in [2.05, 4.69) is 6.07 Å². The minimum atomic E-state index is -0.577. The topological polar surface area (TPSA) is 47.3 Å². The van der Waals surface area contributed by atoms with Crippen molar-refractivity contribution in [2.45, 2.75) is 19.6 Å². The van der Waals surface area contributed by atoms with Crippen LogP contribution in [0.5, 0.6) is 0 Å². The van der Waals surface area contributed by atoms with Gasteiger partial charge in [0.1, 0.15) is 0 Å². The van der Waals surface area contributed by atoms with E-state index in [9.17, 15) is 5.11 Å². The van der Waals surface area contributed by atoms with Crippen LogP contribution < -0.4 is 4.90 Å². The van der Waals surface area contributed by atoms with Crippen LogP contribution in [0.15, 0.2) is 30.3 Å². The Kier molecular flexibility index (Phi) is 4.66. The van der Waals surface area contributed by atoms with Crippen LogP contribution in [-0.2, 0) is 6.54 Å². The quantitative estimate of drug-likeness (QED) is 0.930. The number of aliphatic hydroxyl groups is 1. The zero-order valence-corrected chi connectivity index (χ0v) is 12.9. The van der Waals surface area contributed by atoms with E-state index >= 15 is 0 Å². The number of aliphatic hydroxyl groups excluding tert-OH is 1. The molecule has 1 heterocycles. The molecule has 0 unspecified atom stereocenters. The molecule has 0 saturated carbocycles. The van der Waals surface area contributed by atoms with Gasteiger partial charge in [-0.1, -0.05) is 17.7 Å². The van der Waals surface area contributed by atoms with E-state index in [0.717, 1.165) is 20.5 Å². The van der Waals surface area contributed by atoms with Crippen molar-refractivity contribution in [3.63, 3.8) is 0 Å². The maximum Gasteiger partial charge on any atom is 0.0992 e. The van der Waals surface area contributed by atoms with Crippen molar-refractivity contribution in [3.05, 3.63) is 50.7 Å². The van der Waals surface area contributed by atoms with Gasteiger partial charge in [0.2, 0.25) is 0 Å². The monoisotopic (exact) mass is 306 g/mol. The molecule has 0 saturated heterocycles. The highest BCUT2D eigenvalue weighted by molar-refractivity contribution is 7.16. The van der Waals surface area contributed by atoms with E-state index in [1.54, 1.807) is 25.1 Å². The summed E-state index contributed by atoms with van der Waals surface area (Å²) in [4.78, 5) is 3.15. The third-order valence-electron chi connectivity index (χ3n) is 3.04. The largest absolute Gasteiger partial charge is 0.389 e. The molecule has 0 aliphatic heterocycles. The molecule has 0 fully saturated rings. The number of benzene rings is 1. The van der Waals surface area contributed by atoms with Crippen LogP contribution in [0.4, 0.5) is 5.69 Å². The fourth-order valence-electron chi connectivity index (χ4n) is 2.05. The normalized spacial score (nSPS) is 11.9. The Balaban J connectivity index is 2.32. The van der Waals surface area contributed by atoms with Gasteiger partial charge < -0.3 is 10.0 Å². The van der Waals surface area contributed by atoms with Gasteiger partial charge in [0.05, 0.1) is 28.6 Å². The first-order valence-electron chi connectivity index (χ1n) is 6.18. The Morgan fingerprint density at radius 1 is 1.40 bits per heavy atom. The van der Waals surface area contributed by atoms with Crippen LogP contribution in [0.2, 0.25) is 4.34 Å². The van der Waals surface area contributed by atoms with Crippen molar-refractivity contribution in [2.24, 2.45) is 0 Å². The number of nitriles is 1. The molecule has 1 atom stereocenters. The first kappa shape index (κ1) is 14.9. The maximum absolute atomic E-state index is 9.86. The lowest BCUT2D eigenvalue weighted by atomic mass is 10.0. The Labute approximate surface area is 127 Å². The highest BCUT2D eigenvalue weighted by Gasteiger charge is 2.13. The van der Waals surface area contributed by atoms with Crippen molar-refractivity contribution in [3.8, 4) is 6.07 Å². The minimum Gasteiger partial charge on any atom is -0.389 e. The second-order valence-electron chi connectivity index (χ2n) is 4.62. The number of anilines is 1. The zero-order chi connectivity index (χ0) is 14.7. The first-order valence-corrected chi connectivity index (χ1v) is 7.38. The summed E-state index contributed by atoms with van der Waals surface area (Å²) in [6.45, 7) is 2.41. The summed E-state index contributed by atoms with van der Waals surface area (Å²) in [5.41, 5.74) is 2.26. The van der Waals surface area contributed by atoms with Crippen molar-refractivity contribution in [1.29, 1.82) is 5.26 Å². The van der Waals surface area contributed by atoms with E-state index in [0.29, 0.717) is 12.1 Å². The minimum absolute atomic E-state index is 0.577. The molecule has 2 rings (SSSR count). The summed E-state index contributed by atoms with van der Waals surface area (Å²) < 4.78 is 0.759. The molecule has 1 aromatic carbocycles. The number of halogens is 1. The molecule has 0 amide bonds. The molecule has 0 aliphatic rings. The van der Waals surface area contributed by atoms with Crippen molar-refractivity contribution < 1.29 is 5.11 Å². The van der Waals surface area contributed by atoms with E-state index < -0.39 is 6.10 Å². The van der Waals surface area contributed by atoms with Crippen molar-refractivity contribution >= 4 is 28.6 Å². The highest BCUT2D eigenvalue weighted by Crippen LogP contribution is 2.29. The van der Waals surface area contributed by atoms with Gasteiger partial charge in [-0.3, -0.25) is 0 Å². The van der Waals surface area contributed by atoms with Gasteiger partial charge in [-0.2, -0.15) is 5.26 Å². The van der Waals surface area contributed by atoms with Crippen molar-refractivity contribution in [1.82, 2.24) is 0 Å². The Hall–Kier alpha value is -1.54. The summed E-state index contributed by atoms with van der Waals surface area (Å²) in [6, 6.07) is 11.3. The van der Waals surface area contributed by atoms with Crippen LogP contribution in [0.1, 0.15) is 29.0 Å². The van der Waals surface area contributed by atoms with Gasteiger partial charge in [-0.15, -0.1) is 11.3 Å². The number of hydrogen-bond acceptors (Lipinski definition) is 4. The molecule has 0 bridgehead atoms. The van der Waals surface area contributed by atoms with Crippen LogP contribution in [0.3, 0.4) is 0 Å². The SMILES string of the molecule is C[C@H](O)c1ccc(C#N)cc1N(C)Cc1ccc(Cl)s1. The van der Waals surface area contributed by atoms with Crippen LogP contribution in [0.25, 0.3) is 0 Å². The Morgan fingerprint density at radius 2 is 2.15 bits per heavy atom. The van der Waals surface area contributed by atoms with Gasteiger partial charge in [0.15, 0.2) is 0 Å². The molecule has 3 nitrogen and oxygen atoms in total. The fraction of sp³-hybridized carbons (Fsp3) is 0.267. The molecule has 1 aromatic heterocycles. The third-order valence-corrected chi connectivity index (χ3v) is 4.26. The van der Waals surface area contributed by atoms with Gasteiger partial charge in [0.25, 0.3) is 0 Å². The van der Waals surface area contributed by atoms with E-state index in [-0.39, 0.29) is 0 Å². The zero-order valence-electron chi connectivity index (χ0n) is 11.3. The van der Waals surface area contributed by atoms with Crippen LogP contribution in [0, 0.1) is 11.3 Å². The second-order valence-corrected chi connectivity index (χ2v) is 6.42. The average molecular weight is 307 g/mol. The van der Waals surface area contributed by atoms with Gasteiger partial charge >= 0.3 is 0 Å². The lowest BCUT2D eigenvalue weighted by Crippen LogP contribution is -2.18. The lowest BCUT2D eigenvalue weighted by molar-refractivity contribution is 0.199. The number of nitrogens with zero attached hydrogens (tertiary/aromatic N) is 2. The van der Waals surface area contributed by atoms with Crippen LogP contribution in [-0.4, -0.2) is 12.2 Å². The molecular formula is C15H15ClN2OS. The standard InChI is InChI=1S/C15H15ClN2OS/c1-10(19)13-5-3-11(8-17)7-14(13)18(2)9-12-4-6-15(16)20-12/h3-7,10,19H,9H2,1-2H3/t10-/m0/s1. The summed E-state index contributed by atoms with van der Waals surface area (Å²) in [5.74, 6) is 0. The lowest BCUT2D eigenvalue weighted by Gasteiger charge is -2.23. The summed E-state index contributed by atoms with van der Waals surface area (Å²) >= 11 is 7.47. The molecule has 0 spiro atoms. The number of thiophene rings is 1. The molecular weight excluding hydrogens is 292 g/mol. The molecule has 2 aromatic rings. The van der Waals surface area contributed by atoms with E-state index in [1.165, 1.54) is 11.3 Å². The van der Waals surface area contributed by atoms with E-state index in [1.807, 2.05) is 24.1 Å². The van der Waals surface area contributed by atoms with Crippen LogP contribution >= 0.6 is 22.9 Å². The Morgan fingerprint density at radius 3 is 2.70 bits per heavy atom. The molecule has 20 heavy (non-hydrogen) atoms. The molecule has 0 aliphatic carbocycles. The number of rotatable bonds is 4.